The van der Waals surface area contributed by atoms with E-state index in [9.17, 15) is 19.8 Å². The highest BCUT2D eigenvalue weighted by molar-refractivity contribution is 5.89. The van der Waals surface area contributed by atoms with Crippen LogP contribution in [-0.2, 0) is 9.47 Å². The van der Waals surface area contributed by atoms with Gasteiger partial charge in [-0.1, -0.05) is 12.1 Å². The van der Waals surface area contributed by atoms with E-state index < -0.39 is 29.9 Å². The largest absolute Gasteiger partial charge is 0.462 e. The SMILES string of the molecule is CCOC(=O)c1cccc(C(O)C(O)CCNC(=O)OC(C)(C)C)c1. The van der Waals surface area contributed by atoms with Crippen molar-refractivity contribution < 1.29 is 29.3 Å². The van der Waals surface area contributed by atoms with E-state index >= 15 is 0 Å². The van der Waals surface area contributed by atoms with E-state index in [0.717, 1.165) is 0 Å². The summed E-state index contributed by atoms with van der Waals surface area (Å²) in [7, 11) is 0. The Kier molecular flexibility index (Phi) is 7.86. The van der Waals surface area contributed by atoms with Crippen molar-refractivity contribution >= 4 is 12.1 Å². The number of alkyl carbamates (subject to hydrolysis) is 1. The normalized spacial score (nSPS) is 13.7. The van der Waals surface area contributed by atoms with Crippen LogP contribution in [0, 0.1) is 0 Å². The monoisotopic (exact) mass is 353 g/mol. The highest BCUT2D eigenvalue weighted by Gasteiger charge is 2.21. The highest BCUT2D eigenvalue weighted by atomic mass is 16.6. The van der Waals surface area contributed by atoms with Crippen LogP contribution in [0.5, 0.6) is 0 Å². The topological polar surface area (TPSA) is 105 Å². The Morgan fingerprint density at radius 2 is 1.92 bits per heavy atom. The zero-order valence-electron chi connectivity index (χ0n) is 15.1. The first-order valence-electron chi connectivity index (χ1n) is 8.24. The molecule has 1 rings (SSSR count). The fourth-order valence-electron chi connectivity index (χ4n) is 2.08. The molecule has 0 saturated heterocycles. The van der Waals surface area contributed by atoms with Crippen molar-refractivity contribution in [3.8, 4) is 0 Å². The zero-order valence-corrected chi connectivity index (χ0v) is 15.1. The molecule has 0 aliphatic carbocycles. The van der Waals surface area contributed by atoms with Gasteiger partial charge in [0.15, 0.2) is 0 Å². The third-order valence-electron chi connectivity index (χ3n) is 3.21. The second kappa shape index (κ2) is 9.39. The second-order valence-electron chi connectivity index (χ2n) is 6.58. The molecule has 1 aromatic rings. The van der Waals surface area contributed by atoms with Crippen molar-refractivity contribution in [2.45, 2.75) is 51.9 Å². The highest BCUT2D eigenvalue weighted by Crippen LogP contribution is 2.20. The van der Waals surface area contributed by atoms with E-state index in [1.54, 1.807) is 45.9 Å². The molecule has 0 radical (unpaired) electrons. The molecule has 0 aliphatic rings. The molecule has 0 spiro atoms. The third-order valence-corrected chi connectivity index (χ3v) is 3.21. The Morgan fingerprint density at radius 1 is 1.24 bits per heavy atom. The van der Waals surface area contributed by atoms with E-state index in [4.69, 9.17) is 9.47 Å². The minimum atomic E-state index is -1.19. The van der Waals surface area contributed by atoms with Gasteiger partial charge in [-0.2, -0.15) is 0 Å². The Labute approximate surface area is 147 Å². The van der Waals surface area contributed by atoms with Gasteiger partial charge in [0.1, 0.15) is 11.7 Å². The molecule has 7 nitrogen and oxygen atoms in total. The van der Waals surface area contributed by atoms with Crippen molar-refractivity contribution in [1.29, 1.82) is 0 Å². The van der Waals surface area contributed by atoms with Crippen LogP contribution in [0.4, 0.5) is 4.79 Å². The van der Waals surface area contributed by atoms with Gasteiger partial charge in [0, 0.05) is 6.54 Å². The Hall–Kier alpha value is -2.12. The van der Waals surface area contributed by atoms with E-state index in [1.165, 1.54) is 6.07 Å². The molecule has 140 valence electrons. The number of hydrogen-bond acceptors (Lipinski definition) is 6. The number of aliphatic hydroxyl groups excluding tert-OH is 2. The van der Waals surface area contributed by atoms with E-state index in [-0.39, 0.29) is 19.6 Å². The van der Waals surface area contributed by atoms with Crippen LogP contribution in [0.3, 0.4) is 0 Å². The van der Waals surface area contributed by atoms with Crippen molar-refractivity contribution in [2.24, 2.45) is 0 Å². The van der Waals surface area contributed by atoms with Gasteiger partial charge >= 0.3 is 12.1 Å². The molecule has 0 bridgehead atoms. The average Bonchev–Trinajstić information content (AvgIpc) is 2.52. The molecule has 0 saturated carbocycles. The van der Waals surface area contributed by atoms with E-state index in [2.05, 4.69) is 5.32 Å². The number of hydrogen-bond donors (Lipinski definition) is 3. The lowest BCUT2D eigenvalue weighted by atomic mass is 10.00. The summed E-state index contributed by atoms with van der Waals surface area (Å²) >= 11 is 0. The molecule has 1 aromatic carbocycles. The first kappa shape index (κ1) is 20.9. The number of carbonyl (C=O) groups excluding carboxylic acids is 2. The summed E-state index contributed by atoms with van der Waals surface area (Å²) in [5, 5.41) is 22.8. The molecule has 1 amide bonds. The van der Waals surface area contributed by atoms with Crippen LogP contribution < -0.4 is 5.32 Å². The standard InChI is InChI=1S/C18H27NO6/c1-5-24-16(22)13-8-6-7-12(11-13)15(21)14(20)9-10-19-17(23)25-18(2,3)4/h6-8,11,14-15,20-21H,5,9-10H2,1-4H3,(H,19,23). The summed E-state index contributed by atoms with van der Waals surface area (Å²) in [5.41, 5.74) is 0.100. The van der Waals surface area contributed by atoms with Crippen LogP contribution in [0.1, 0.15) is 56.1 Å². The molecule has 2 atom stereocenters. The molecule has 0 heterocycles. The van der Waals surface area contributed by atoms with Crippen LogP contribution >= 0.6 is 0 Å². The van der Waals surface area contributed by atoms with Gasteiger partial charge in [0.05, 0.1) is 18.3 Å². The number of carbonyl (C=O) groups is 2. The second-order valence-corrected chi connectivity index (χ2v) is 6.58. The summed E-state index contributed by atoms with van der Waals surface area (Å²) in [6.07, 6.45) is -2.75. The summed E-state index contributed by atoms with van der Waals surface area (Å²) in [4.78, 5) is 23.3. The fourth-order valence-corrected chi connectivity index (χ4v) is 2.08. The van der Waals surface area contributed by atoms with E-state index in [0.29, 0.717) is 11.1 Å². The molecule has 2 unspecified atom stereocenters. The third kappa shape index (κ3) is 7.53. The van der Waals surface area contributed by atoms with Crippen molar-refractivity contribution in [2.75, 3.05) is 13.2 Å². The van der Waals surface area contributed by atoms with Gasteiger partial charge in [-0.05, 0) is 51.8 Å². The number of nitrogens with one attached hydrogen (secondary N) is 1. The molecule has 7 heteroatoms. The summed E-state index contributed by atoms with van der Waals surface area (Å²) in [5.74, 6) is -0.488. The van der Waals surface area contributed by atoms with Gasteiger partial charge < -0.3 is 25.0 Å². The van der Waals surface area contributed by atoms with Gasteiger partial charge in [-0.3, -0.25) is 0 Å². The number of benzene rings is 1. The van der Waals surface area contributed by atoms with Gasteiger partial charge in [0.2, 0.25) is 0 Å². The van der Waals surface area contributed by atoms with Crippen molar-refractivity contribution in [3.63, 3.8) is 0 Å². The average molecular weight is 353 g/mol. The molecular weight excluding hydrogens is 326 g/mol. The summed E-state index contributed by atoms with van der Waals surface area (Å²) in [6.45, 7) is 7.36. The number of ether oxygens (including phenoxy) is 2. The lowest BCUT2D eigenvalue weighted by Crippen LogP contribution is -2.34. The summed E-state index contributed by atoms with van der Waals surface area (Å²) < 4.78 is 9.99. The molecule has 0 aromatic heterocycles. The Morgan fingerprint density at radius 3 is 2.52 bits per heavy atom. The van der Waals surface area contributed by atoms with Crippen LogP contribution in [0.15, 0.2) is 24.3 Å². The number of amides is 1. The fraction of sp³-hybridized carbons (Fsp3) is 0.556. The maximum atomic E-state index is 11.7. The minimum absolute atomic E-state index is 0.129. The van der Waals surface area contributed by atoms with Crippen molar-refractivity contribution in [1.82, 2.24) is 5.32 Å². The molecule has 3 N–H and O–H groups in total. The number of rotatable bonds is 7. The van der Waals surface area contributed by atoms with Gasteiger partial charge in [-0.25, -0.2) is 9.59 Å². The minimum Gasteiger partial charge on any atom is -0.462 e. The number of aliphatic hydroxyl groups is 2. The van der Waals surface area contributed by atoms with Crippen molar-refractivity contribution in [3.05, 3.63) is 35.4 Å². The first-order valence-corrected chi connectivity index (χ1v) is 8.24. The molecular formula is C18H27NO6. The molecule has 0 fully saturated rings. The maximum absolute atomic E-state index is 11.7. The Balaban J connectivity index is 2.56. The van der Waals surface area contributed by atoms with Crippen LogP contribution in [-0.4, -0.2) is 47.1 Å². The molecule has 0 aliphatic heterocycles. The Bertz CT molecular complexity index is 581. The lowest BCUT2D eigenvalue weighted by Gasteiger charge is -2.21. The van der Waals surface area contributed by atoms with Crippen LogP contribution in [0.25, 0.3) is 0 Å². The van der Waals surface area contributed by atoms with Crippen LogP contribution in [0.2, 0.25) is 0 Å². The maximum Gasteiger partial charge on any atom is 0.407 e. The predicted octanol–water partition coefficient (Wildman–Crippen LogP) is 2.17. The predicted molar refractivity (Wildman–Crippen MR) is 92.2 cm³/mol. The first-order chi connectivity index (χ1) is 11.6. The van der Waals surface area contributed by atoms with E-state index in [1.807, 2.05) is 0 Å². The number of esters is 1. The quantitative estimate of drug-likeness (QED) is 0.649. The smallest absolute Gasteiger partial charge is 0.407 e. The van der Waals surface area contributed by atoms with Gasteiger partial charge in [-0.15, -0.1) is 0 Å². The van der Waals surface area contributed by atoms with Gasteiger partial charge in [0.25, 0.3) is 0 Å². The summed E-state index contributed by atoms with van der Waals surface area (Å²) in [6, 6.07) is 6.27. The zero-order chi connectivity index (χ0) is 19.0. The lowest BCUT2D eigenvalue weighted by molar-refractivity contribution is 0.0122. The molecule has 25 heavy (non-hydrogen) atoms.